The van der Waals surface area contributed by atoms with Crippen LogP contribution in [0.3, 0.4) is 0 Å². The van der Waals surface area contributed by atoms with Crippen LogP contribution < -0.4 is 4.90 Å². The number of halogens is 5. The molecule has 0 bridgehead atoms. The number of carbonyl (C=O) groups excluding carboxylic acids is 1. The normalized spacial score (nSPS) is 10.6. The van der Waals surface area contributed by atoms with Crippen LogP contribution in [0.2, 0.25) is 10.0 Å². The third kappa shape index (κ3) is 6.69. The number of hydrogen-bond donors (Lipinski definition) is 0. The lowest BCUT2D eigenvalue weighted by Crippen LogP contribution is -2.27. The first-order chi connectivity index (χ1) is 18.8. The molecule has 0 radical (unpaired) electrons. The first-order valence-corrected chi connectivity index (χ1v) is 12.5. The van der Waals surface area contributed by atoms with Crippen molar-refractivity contribution in [3.63, 3.8) is 0 Å². The van der Waals surface area contributed by atoms with Gasteiger partial charge in [-0.1, -0.05) is 89.9 Å². The number of rotatable bonds is 5. The third-order valence-corrected chi connectivity index (χ3v) is 6.44. The summed E-state index contributed by atoms with van der Waals surface area (Å²) in [7, 11) is 1.43. The number of carbonyl (C=O) groups is 1. The molecule has 1 aromatic heterocycles. The van der Waals surface area contributed by atoms with Gasteiger partial charge < -0.3 is 0 Å². The molecule has 0 saturated carbocycles. The molecule has 4 aromatic carbocycles. The van der Waals surface area contributed by atoms with Crippen LogP contribution in [0.5, 0.6) is 0 Å². The second kappa shape index (κ2) is 12.7. The van der Waals surface area contributed by atoms with Crippen molar-refractivity contribution in [2.45, 2.75) is 6.43 Å². The molecule has 0 aliphatic carbocycles. The van der Waals surface area contributed by atoms with Gasteiger partial charge in [-0.15, -0.1) is 0 Å². The van der Waals surface area contributed by atoms with E-state index in [4.69, 9.17) is 23.2 Å². The number of nitrogens with zero attached hydrogens (tertiary/aromatic N) is 3. The van der Waals surface area contributed by atoms with E-state index in [0.29, 0.717) is 0 Å². The zero-order chi connectivity index (χ0) is 27.9. The lowest BCUT2D eigenvalue weighted by atomic mass is 10.1. The van der Waals surface area contributed by atoms with Crippen molar-refractivity contribution in [3.8, 4) is 11.1 Å². The van der Waals surface area contributed by atoms with Gasteiger partial charge in [0.25, 0.3) is 12.3 Å². The zero-order valence-electron chi connectivity index (χ0n) is 20.6. The van der Waals surface area contributed by atoms with Crippen LogP contribution >= 0.6 is 23.2 Å². The van der Waals surface area contributed by atoms with Crippen molar-refractivity contribution in [2.75, 3.05) is 4.90 Å². The zero-order valence-corrected chi connectivity index (χ0v) is 22.1. The van der Waals surface area contributed by atoms with E-state index in [-0.39, 0.29) is 27.0 Å². The molecule has 39 heavy (non-hydrogen) atoms. The van der Waals surface area contributed by atoms with Crippen molar-refractivity contribution in [2.24, 2.45) is 7.05 Å². The van der Waals surface area contributed by atoms with E-state index >= 15 is 0 Å². The fourth-order valence-corrected chi connectivity index (χ4v) is 4.21. The summed E-state index contributed by atoms with van der Waals surface area (Å²) in [6.45, 7) is 0. The topological polar surface area (TPSA) is 38.1 Å². The molecule has 0 aliphatic rings. The van der Waals surface area contributed by atoms with Crippen molar-refractivity contribution in [1.29, 1.82) is 0 Å². The van der Waals surface area contributed by atoms with Gasteiger partial charge in [0, 0.05) is 18.9 Å². The molecule has 198 valence electrons. The first kappa shape index (κ1) is 28.0. The highest BCUT2D eigenvalue weighted by Gasteiger charge is 2.29. The molecule has 0 atom stereocenters. The summed E-state index contributed by atoms with van der Waals surface area (Å²) in [4.78, 5) is 14.3. The summed E-state index contributed by atoms with van der Waals surface area (Å²) in [6, 6.07) is 30.3. The molecule has 9 heteroatoms. The van der Waals surface area contributed by atoms with Gasteiger partial charge in [0.1, 0.15) is 11.5 Å². The van der Waals surface area contributed by atoms with Crippen LogP contribution in [0, 0.1) is 5.82 Å². The Morgan fingerprint density at radius 1 is 0.821 bits per heavy atom. The van der Waals surface area contributed by atoms with Gasteiger partial charge in [-0.3, -0.25) is 14.4 Å². The summed E-state index contributed by atoms with van der Waals surface area (Å²) in [5.41, 5.74) is 2.00. The highest BCUT2D eigenvalue weighted by atomic mass is 35.5. The van der Waals surface area contributed by atoms with Gasteiger partial charge in [-0.05, 0) is 47.5 Å². The summed E-state index contributed by atoms with van der Waals surface area (Å²) in [5, 5.41) is 3.89. The number of alkyl halides is 2. The van der Waals surface area contributed by atoms with Crippen LogP contribution in [0.1, 0.15) is 22.5 Å². The molecule has 0 fully saturated rings. The third-order valence-electron chi connectivity index (χ3n) is 5.64. The maximum Gasteiger partial charge on any atom is 0.282 e. The minimum absolute atomic E-state index is 0.0549. The van der Waals surface area contributed by atoms with Crippen LogP contribution in [-0.4, -0.2) is 15.7 Å². The summed E-state index contributed by atoms with van der Waals surface area (Å²) >= 11 is 12.3. The Hall–Kier alpha value is -4.07. The van der Waals surface area contributed by atoms with Crippen molar-refractivity contribution in [3.05, 3.63) is 136 Å². The van der Waals surface area contributed by atoms with Crippen LogP contribution in [0.4, 0.5) is 24.5 Å². The quantitative estimate of drug-likeness (QED) is 0.212. The standard InChI is InChI=1S/C18H12Cl2F3N3O.C12H10/c1-25-9-12(16(24-25)17(22)23)18(27)26(11-7-5-10(21)6-8-11)14-4-2-3-13(19)15(14)20;1-3-7-11(8-4-1)12-9-5-2-6-10-12/h2-9,17H,1H3;1-10H. The number of anilines is 2. The molecule has 0 saturated heterocycles. The molecular formula is C30H22Cl2F3N3O. The highest BCUT2D eigenvalue weighted by molar-refractivity contribution is 6.44. The fraction of sp³-hybridized carbons (Fsp3) is 0.0667. The van der Waals surface area contributed by atoms with Gasteiger partial charge >= 0.3 is 0 Å². The molecule has 0 unspecified atom stereocenters. The minimum Gasteiger partial charge on any atom is -0.275 e. The maximum atomic E-state index is 13.3. The second-order valence-electron chi connectivity index (χ2n) is 8.32. The average molecular weight is 568 g/mol. The highest BCUT2D eigenvalue weighted by Crippen LogP contribution is 2.38. The van der Waals surface area contributed by atoms with E-state index in [1.165, 1.54) is 48.6 Å². The molecule has 0 aliphatic heterocycles. The second-order valence-corrected chi connectivity index (χ2v) is 9.11. The fourth-order valence-electron chi connectivity index (χ4n) is 3.83. The Labute approximate surface area is 233 Å². The summed E-state index contributed by atoms with van der Waals surface area (Å²) < 4.78 is 41.1. The minimum atomic E-state index is -2.95. The molecular weight excluding hydrogens is 546 g/mol. The van der Waals surface area contributed by atoms with E-state index in [9.17, 15) is 18.0 Å². The number of aryl methyl sites for hydroxylation is 1. The van der Waals surface area contributed by atoms with Crippen molar-refractivity contribution < 1.29 is 18.0 Å². The Bertz CT molecular complexity index is 1510. The number of hydrogen-bond acceptors (Lipinski definition) is 2. The van der Waals surface area contributed by atoms with Gasteiger partial charge in [-0.25, -0.2) is 13.2 Å². The van der Waals surface area contributed by atoms with Crippen molar-refractivity contribution in [1.82, 2.24) is 9.78 Å². The predicted octanol–water partition coefficient (Wildman–Crippen LogP) is 9.14. The van der Waals surface area contributed by atoms with E-state index in [2.05, 4.69) is 53.6 Å². The molecule has 1 amide bonds. The monoisotopic (exact) mass is 567 g/mol. The Morgan fingerprint density at radius 3 is 1.92 bits per heavy atom. The smallest absolute Gasteiger partial charge is 0.275 e. The van der Waals surface area contributed by atoms with Crippen LogP contribution in [0.25, 0.3) is 11.1 Å². The largest absolute Gasteiger partial charge is 0.282 e. The van der Waals surface area contributed by atoms with Crippen molar-refractivity contribution >= 4 is 40.5 Å². The number of aromatic nitrogens is 2. The van der Waals surface area contributed by atoms with E-state index in [1.54, 1.807) is 6.07 Å². The Kier molecular flexibility index (Phi) is 9.07. The van der Waals surface area contributed by atoms with Crippen LogP contribution in [-0.2, 0) is 7.05 Å². The molecule has 0 N–H and O–H groups in total. The average Bonchev–Trinajstić information content (AvgIpc) is 3.35. The maximum absolute atomic E-state index is 13.3. The number of benzene rings is 4. The van der Waals surface area contributed by atoms with E-state index in [1.807, 2.05) is 12.1 Å². The SMILES string of the molecule is Cn1cc(C(=O)N(c2ccc(F)cc2)c2cccc(Cl)c2Cl)c(C(F)F)n1.c1ccc(-c2ccccc2)cc1. The van der Waals surface area contributed by atoms with Gasteiger partial charge in [0.2, 0.25) is 0 Å². The Morgan fingerprint density at radius 2 is 1.38 bits per heavy atom. The van der Waals surface area contributed by atoms with Gasteiger partial charge in [-0.2, -0.15) is 5.10 Å². The molecule has 0 spiro atoms. The van der Waals surface area contributed by atoms with Crippen LogP contribution in [0.15, 0.2) is 109 Å². The van der Waals surface area contributed by atoms with E-state index in [0.717, 1.165) is 21.7 Å². The molecule has 1 heterocycles. The molecule has 4 nitrogen and oxygen atoms in total. The lowest BCUT2D eigenvalue weighted by molar-refractivity contribution is 0.0984. The predicted molar refractivity (Wildman–Crippen MR) is 149 cm³/mol. The summed E-state index contributed by atoms with van der Waals surface area (Å²) in [6.07, 6.45) is -1.76. The Balaban J connectivity index is 0.000000243. The summed E-state index contributed by atoms with van der Waals surface area (Å²) in [5.74, 6) is -1.31. The van der Waals surface area contributed by atoms with E-state index < -0.39 is 23.8 Å². The number of amides is 1. The first-order valence-electron chi connectivity index (χ1n) is 11.7. The van der Waals surface area contributed by atoms with Gasteiger partial charge in [0.05, 0.1) is 21.3 Å². The molecule has 5 rings (SSSR count). The lowest BCUT2D eigenvalue weighted by Gasteiger charge is -2.24. The van der Waals surface area contributed by atoms with Gasteiger partial charge in [0.15, 0.2) is 0 Å². The molecule has 5 aromatic rings.